The highest BCUT2D eigenvalue weighted by atomic mass is 32.1. The predicted octanol–water partition coefficient (Wildman–Crippen LogP) is 7.17. The van der Waals surface area contributed by atoms with Gasteiger partial charge in [0, 0.05) is 17.0 Å². The number of nitrogens with one attached hydrogen (secondary N) is 2. The van der Waals surface area contributed by atoms with Gasteiger partial charge in [0.15, 0.2) is 39.2 Å². The summed E-state index contributed by atoms with van der Waals surface area (Å²) in [5, 5.41) is 37.6. The summed E-state index contributed by atoms with van der Waals surface area (Å²) in [4.78, 5) is 24.1. The molecule has 3 heterocycles. The van der Waals surface area contributed by atoms with Gasteiger partial charge in [-0.25, -0.2) is 19.2 Å². The van der Waals surface area contributed by atoms with Crippen LogP contribution in [0.5, 0.6) is 5.75 Å². The number of aliphatic hydroxyl groups excluding tert-OH is 1. The Hall–Kier alpha value is -4.72. The zero-order chi connectivity index (χ0) is 39.4. The molecule has 1 unspecified atom stereocenters. The number of rotatable bonds is 20. The van der Waals surface area contributed by atoms with Gasteiger partial charge in [0.2, 0.25) is 0 Å². The number of nitrogens with zero attached hydrogens (tertiary/aromatic N) is 6. The summed E-state index contributed by atoms with van der Waals surface area (Å²) < 4.78 is 22.2. The lowest BCUT2D eigenvalue weighted by Gasteiger charge is -2.32. The van der Waals surface area contributed by atoms with Crippen LogP contribution < -0.4 is 20.3 Å². The van der Waals surface area contributed by atoms with Crippen molar-refractivity contribution in [1.82, 2.24) is 25.5 Å². The van der Waals surface area contributed by atoms with Crippen molar-refractivity contribution in [2.75, 3.05) is 64.1 Å². The van der Waals surface area contributed by atoms with E-state index in [2.05, 4.69) is 63.7 Å². The number of aromatic nitrogens is 4. The third-order valence-corrected chi connectivity index (χ3v) is 11.0. The number of ether oxygens (including phenoxy) is 1. The second kappa shape index (κ2) is 19.7. The highest BCUT2D eigenvalue weighted by molar-refractivity contribution is 7.22. The number of carboxylic acid groups (broad SMARTS) is 1. The molecule has 2 aromatic carbocycles. The molecular formula is C40H50FN8O4S2+. The first-order valence-corrected chi connectivity index (χ1v) is 20.1. The molecule has 5 aromatic rings. The van der Waals surface area contributed by atoms with Crippen LogP contribution in [0.1, 0.15) is 65.5 Å². The molecule has 0 fully saturated rings. The second-order valence-electron chi connectivity index (χ2n) is 14.0. The second-order valence-corrected chi connectivity index (χ2v) is 16.1. The quantitative estimate of drug-likeness (QED) is 0.0362. The van der Waals surface area contributed by atoms with Gasteiger partial charge in [-0.1, -0.05) is 48.7 Å². The number of halogens is 1. The lowest BCUT2D eigenvalue weighted by Crippen LogP contribution is -2.46. The predicted molar refractivity (Wildman–Crippen MR) is 219 cm³/mol. The summed E-state index contributed by atoms with van der Waals surface area (Å²) in [6.07, 6.45) is 3.65. The van der Waals surface area contributed by atoms with E-state index in [1.54, 1.807) is 19.2 Å². The van der Waals surface area contributed by atoms with Crippen LogP contribution >= 0.6 is 22.7 Å². The number of carboxylic acids is 1. The Bertz CT molecular complexity index is 2080. The van der Waals surface area contributed by atoms with E-state index in [9.17, 15) is 19.4 Å². The van der Waals surface area contributed by atoms with E-state index in [0.29, 0.717) is 77.7 Å². The molecule has 4 N–H and O–H groups in total. The summed E-state index contributed by atoms with van der Waals surface area (Å²) in [7, 11) is 6.06. The van der Waals surface area contributed by atoms with Gasteiger partial charge in [-0.15, -0.1) is 21.5 Å². The summed E-state index contributed by atoms with van der Waals surface area (Å²) in [6.45, 7) is 6.82. The van der Waals surface area contributed by atoms with Crippen molar-refractivity contribution in [3.8, 4) is 17.6 Å². The molecule has 55 heavy (non-hydrogen) atoms. The van der Waals surface area contributed by atoms with Crippen LogP contribution in [0.4, 0.5) is 26.3 Å². The molecular weight excluding hydrogens is 740 g/mol. The number of fused-ring (bicyclic) bond motifs is 1. The van der Waals surface area contributed by atoms with E-state index < -0.39 is 17.9 Å². The van der Waals surface area contributed by atoms with Crippen molar-refractivity contribution in [2.45, 2.75) is 58.5 Å². The van der Waals surface area contributed by atoms with Gasteiger partial charge in [-0.05, 0) is 88.0 Å². The molecule has 3 aromatic heterocycles. The SMILES string of the molecule is CCCC[N+](C)(C)CC(O)CCCN(c1cc(C)c(Nc2nc3ccccc3s2)nn1)c1nc(C(=O)O)c(CCCOc2ccc(C#CCNC)cc2F)s1. The normalized spacial score (nSPS) is 12.0. The van der Waals surface area contributed by atoms with E-state index in [4.69, 9.17) is 4.74 Å². The molecule has 12 nitrogen and oxygen atoms in total. The van der Waals surface area contributed by atoms with E-state index in [1.165, 1.54) is 28.7 Å². The van der Waals surface area contributed by atoms with Gasteiger partial charge in [0.05, 0.1) is 44.0 Å². The Balaban J connectivity index is 1.32. The summed E-state index contributed by atoms with van der Waals surface area (Å²) in [5.41, 5.74) is 2.22. The number of benzene rings is 2. The average molecular weight is 790 g/mol. The number of anilines is 4. The number of unbranched alkanes of at least 4 members (excludes halogenated alkanes) is 1. The number of aryl methyl sites for hydroxylation is 2. The summed E-state index contributed by atoms with van der Waals surface area (Å²) in [5.74, 6) is 5.33. The standard InChI is InChI=1S/C40H49FN8O4S2/c1-6-7-22-49(4,5)26-29(50)14-11-21-48(35-24-27(2)37(47-46-35)45-39-43-31-15-8-9-16-33(31)54-39)40-44-36(38(51)52)34(55-40)17-12-23-53-32-19-18-28(25-30(32)41)13-10-20-42-3/h8-9,15-16,18-19,24-25,29,42,50H,6-7,11-12,14,17,20-23,26H2,1-5H3,(H-,43,45,47,51,52)/p+1. The van der Waals surface area contributed by atoms with Crippen molar-refractivity contribution < 1.29 is 28.6 Å². The van der Waals surface area contributed by atoms with Crippen molar-refractivity contribution in [3.05, 3.63) is 76.0 Å². The molecule has 0 aliphatic heterocycles. The number of aromatic carboxylic acids is 1. The number of likely N-dealkylation sites (N-methyl/N-ethyl adjacent to an activating group) is 1. The number of hydrogen-bond donors (Lipinski definition) is 4. The van der Waals surface area contributed by atoms with Crippen LogP contribution in [0.15, 0.2) is 48.5 Å². The molecule has 0 spiro atoms. The first kappa shape index (κ1) is 41.4. The van der Waals surface area contributed by atoms with E-state index in [-0.39, 0.29) is 18.1 Å². The number of thiazole rings is 2. The maximum absolute atomic E-state index is 14.7. The van der Waals surface area contributed by atoms with E-state index in [0.717, 1.165) is 39.6 Å². The molecule has 0 amide bonds. The topological polar surface area (TPSA) is 146 Å². The first-order valence-electron chi connectivity index (χ1n) is 18.5. The molecule has 0 aliphatic rings. The van der Waals surface area contributed by atoms with Crippen LogP contribution in [-0.4, -0.2) is 101 Å². The molecule has 0 saturated carbocycles. The van der Waals surface area contributed by atoms with Crippen LogP contribution in [0, 0.1) is 24.6 Å². The fourth-order valence-electron chi connectivity index (χ4n) is 6.02. The third kappa shape index (κ3) is 11.9. The number of aliphatic hydroxyl groups is 1. The van der Waals surface area contributed by atoms with Crippen molar-refractivity contribution in [3.63, 3.8) is 0 Å². The lowest BCUT2D eigenvalue weighted by molar-refractivity contribution is -0.893. The molecule has 292 valence electrons. The molecule has 0 bridgehead atoms. The first-order chi connectivity index (χ1) is 26.5. The van der Waals surface area contributed by atoms with Gasteiger partial charge in [-0.2, -0.15) is 0 Å². The molecule has 0 radical (unpaired) electrons. The zero-order valence-electron chi connectivity index (χ0n) is 32.1. The average Bonchev–Trinajstić information content (AvgIpc) is 3.77. The van der Waals surface area contributed by atoms with Crippen molar-refractivity contribution in [1.29, 1.82) is 0 Å². The minimum atomic E-state index is -1.14. The highest BCUT2D eigenvalue weighted by Crippen LogP contribution is 2.34. The van der Waals surface area contributed by atoms with Gasteiger partial charge >= 0.3 is 5.97 Å². The maximum atomic E-state index is 14.7. The van der Waals surface area contributed by atoms with E-state index in [1.807, 2.05) is 42.2 Å². The van der Waals surface area contributed by atoms with Gasteiger partial charge in [-0.3, -0.25) is 0 Å². The van der Waals surface area contributed by atoms with Crippen LogP contribution in [-0.2, 0) is 6.42 Å². The minimum Gasteiger partial charge on any atom is -0.491 e. The molecule has 15 heteroatoms. The van der Waals surface area contributed by atoms with E-state index >= 15 is 0 Å². The molecule has 1 atom stereocenters. The highest BCUT2D eigenvalue weighted by Gasteiger charge is 2.25. The summed E-state index contributed by atoms with van der Waals surface area (Å²) >= 11 is 2.80. The van der Waals surface area contributed by atoms with Gasteiger partial charge in [0.1, 0.15) is 12.6 Å². The van der Waals surface area contributed by atoms with Crippen LogP contribution in [0.2, 0.25) is 0 Å². The Morgan fingerprint density at radius 1 is 1.09 bits per heavy atom. The van der Waals surface area contributed by atoms with Crippen LogP contribution in [0.25, 0.3) is 10.2 Å². The Labute approximate surface area is 330 Å². The summed E-state index contributed by atoms with van der Waals surface area (Å²) in [6, 6.07) is 14.4. The fraction of sp³-hybridized carbons (Fsp3) is 0.425. The monoisotopic (exact) mass is 789 g/mol. The van der Waals surface area contributed by atoms with Crippen LogP contribution in [0.3, 0.4) is 0 Å². The Morgan fingerprint density at radius 3 is 2.64 bits per heavy atom. The lowest BCUT2D eigenvalue weighted by atomic mass is 10.1. The number of hydrogen-bond acceptors (Lipinski definition) is 12. The maximum Gasteiger partial charge on any atom is 0.355 e. The number of carbonyl (C=O) groups is 1. The Morgan fingerprint density at radius 2 is 1.91 bits per heavy atom. The van der Waals surface area contributed by atoms with Gasteiger partial charge in [0.25, 0.3) is 0 Å². The third-order valence-electron chi connectivity index (χ3n) is 8.86. The Kier molecular flexibility index (Phi) is 14.9. The molecule has 0 saturated heterocycles. The minimum absolute atomic E-state index is 0.0468. The molecule has 0 aliphatic carbocycles. The number of quaternary nitrogens is 1. The van der Waals surface area contributed by atoms with Gasteiger partial charge < -0.3 is 35.0 Å². The smallest absolute Gasteiger partial charge is 0.355 e. The van der Waals surface area contributed by atoms with Crippen molar-refractivity contribution >= 4 is 60.8 Å². The zero-order valence-corrected chi connectivity index (χ0v) is 33.7. The van der Waals surface area contributed by atoms with Crippen molar-refractivity contribution in [2.24, 2.45) is 0 Å². The fourth-order valence-corrected chi connectivity index (χ4v) is 8.02. The largest absolute Gasteiger partial charge is 0.491 e. The number of para-hydroxylation sites is 1. The molecule has 5 rings (SSSR count).